The van der Waals surface area contributed by atoms with E-state index in [1.807, 2.05) is 0 Å². The van der Waals surface area contributed by atoms with Crippen molar-refractivity contribution in [1.29, 1.82) is 0 Å². The van der Waals surface area contributed by atoms with E-state index in [0.29, 0.717) is 6.67 Å². The van der Waals surface area contributed by atoms with Crippen molar-refractivity contribution >= 4 is 0 Å². The van der Waals surface area contributed by atoms with Gasteiger partial charge >= 0.3 is 0 Å². The number of nitrogens with two attached hydrogens (primary N) is 1. The van der Waals surface area contributed by atoms with Crippen LogP contribution in [-0.4, -0.2) is 9.71 Å². The van der Waals surface area contributed by atoms with E-state index in [1.54, 1.807) is 11.9 Å². The van der Waals surface area contributed by atoms with Crippen LogP contribution in [0.5, 0.6) is 0 Å². The summed E-state index contributed by atoms with van der Waals surface area (Å²) in [6.07, 6.45) is 0. The molecule has 1 aromatic rings. The summed E-state index contributed by atoms with van der Waals surface area (Å²) in [6.45, 7) is 0.441. The molecule has 1 heterocycles. The normalized spacial score (nSPS) is 10.3. The molecule has 0 unspecified atom stereocenters. The van der Waals surface area contributed by atoms with Gasteiger partial charge < -0.3 is 5.73 Å². The van der Waals surface area contributed by atoms with E-state index in [1.165, 1.54) is 4.85 Å². The molecule has 0 radical (unpaired) electrons. The van der Waals surface area contributed by atoms with Gasteiger partial charge in [-0.05, 0) is 0 Å². The Hall–Kier alpha value is -0.640. The molecule has 1 aromatic heterocycles. The summed E-state index contributed by atoms with van der Waals surface area (Å²) in [5.41, 5.74) is 5.08. The average molecular weight is 89.1 g/mol. The van der Waals surface area contributed by atoms with Crippen LogP contribution in [0.15, 0.2) is 4.63 Å². The fraction of sp³-hybridized carbons (Fsp3) is 1.00. The molecule has 2 N–H and O–H groups in total. The zero-order valence-corrected chi connectivity index (χ0v) is 3.59. The van der Waals surface area contributed by atoms with Gasteiger partial charge in [-0.25, -0.2) is 0 Å². The largest absolute Gasteiger partial charge is 0.309 e. The molecule has 0 fully saturated rings. The molecule has 0 bridgehead atoms. The maximum Gasteiger partial charge on any atom is 0.127 e. The van der Waals surface area contributed by atoms with Gasteiger partial charge in [-0.2, -0.15) is 0 Å². The van der Waals surface area contributed by atoms with E-state index in [4.69, 9.17) is 5.73 Å². The number of rotatable bonds is 1. The van der Waals surface area contributed by atoms with Crippen molar-refractivity contribution in [3.63, 3.8) is 0 Å². The summed E-state index contributed by atoms with van der Waals surface area (Å²) in [6, 6.07) is 0. The van der Waals surface area contributed by atoms with Crippen LogP contribution in [0.25, 0.3) is 0 Å². The van der Waals surface area contributed by atoms with Crippen LogP contribution in [0.3, 0.4) is 0 Å². The maximum absolute atomic E-state index is 5.08. The van der Waals surface area contributed by atoms with Gasteiger partial charge in [0, 0.05) is 0 Å². The highest BCUT2D eigenvalue weighted by molar-refractivity contribution is 4.18. The summed E-state index contributed by atoms with van der Waals surface area (Å²) < 4.78 is 4.61. The van der Waals surface area contributed by atoms with Crippen molar-refractivity contribution in [2.75, 3.05) is 0 Å². The van der Waals surface area contributed by atoms with E-state index in [9.17, 15) is 0 Å². The zero-order valence-electron chi connectivity index (χ0n) is 3.59. The highest BCUT2D eigenvalue weighted by atomic mass is 16.8. The fourth-order valence-electron chi connectivity index (χ4n) is 0.268. The summed E-state index contributed by atoms with van der Waals surface area (Å²) in [5.74, 6) is 0. The Balaban J connectivity index is 2.45. The lowest BCUT2D eigenvalue weighted by atomic mass is 11.2. The Labute approximate surface area is 35.0 Å². The number of hydrogen-bond acceptors (Lipinski definition) is 2. The summed E-state index contributed by atoms with van der Waals surface area (Å²) in [4.78, 5) is 3.08. The van der Waals surface area contributed by atoms with Crippen molar-refractivity contribution in [1.82, 2.24) is 9.71 Å². The average Bonchev–Trinajstić information content (AvgIpc) is 2.19. The molecule has 36 valence electrons. The van der Waals surface area contributed by atoms with Crippen molar-refractivity contribution in [2.45, 2.75) is 6.67 Å². The third kappa shape index (κ3) is 0.345. The third-order valence-electron chi connectivity index (χ3n) is 0.658. The van der Waals surface area contributed by atoms with Crippen LogP contribution in [0, 0.1) is 0 Å². The Kier molecular flexibility index (Phi) is 0.537. The number of nitrogens with zero attached hydrogens (tertiary/aromatic N) is 2. The van der Waals surface area contributed by atoms with Gasteiger partial charge in [0.25, 0.3) is 0 Å². The maximum atomic E-state index is 5.08. The van der Waals surface area contributed by atoms with Gasteiger partial charge in [0.15, 0.2) is 0 Å². The Bertz CT molecular complexity index is 115. The van der Waals surface area contributed by atoms with Crippen molar-refractivity contribution < 1.29 is 4.63 Å². The quantitative estimate of drug-likeness (QED) is 0.496. The number of aromatic nitrogens is 2. The minimum Gasteiger partial charge on any atom is -0.309 e. The van der Waals surface area contributed by atoms with Crippen LogP contribution in [0.2, 0.25) is 0 Å². The molecule has 0 saturated heterocycles. The van der Waals surface area contributed by atoms with E-state index >= 15 is 0 Å². The lowest BCUT2D eigenvalue weighted by Gasteiger charge is -1.68. The van der Waals surface area contributed by atoms with E-state index in [0.717, 1.165) is 0 Å². The van der Waals surface area contributed by atoms with Crippen LogP contribution in [-0.2, 0) is 13.7 Å². The van der Waals surface area contributed by atoms with Gasteiger partial charge in [0.1, 0.15) is 6.67 Å². The summed E-state index contributed by atoms with van der Waals surface area (Å²) >= 11 is 0. The number of hydrogen-bond donors (Lipinski definition) is 1. The standard InChI is InChI=1S/C2H7N3O/c1-4-5(2-3)6-4/h2-3H2,1H3. The molecule has 6 heavy (non-hydrogen) atoms. The lowest BCUT2D eigenvalue weighted by molar-refractivity contribution is 0.417. The molecule has 0 aliphatic heterocycles. The molecule has 0 aliphatic carbocycles. The van der Waals surface area contributed by atoms with Gasteiger partial charge in [0.05, 0.1) is 7.05 Å². The van der Waals surface area contributed by atoms with Gasteiger partial charge in [-0.3, -0.25) is 4.63 Å². The van der Waals surface area contributed by atoms with Gasteiger partial charge in [0.2, 0.25) is 0 Å². The summed E-state index contributed by atoms with van der Waals surface area (Å²) in [7, 11) is 1.78. The van der Waals surface area contributed by atoms with Crippen molar-refractivity contribution in [3.05, 3.63) is 0 Å². The fourth-order valence-corrected chi connectivity index (χ4v) is 0.268. The molecule has 0 saturated carbocycles. The van der Waals surface area contributed by atoms with E-state index in [-0.39, 0.29) is 0 Å². The second-order valence-corrected chi connectivity index (χ2v) is 1.08. The number of aryl methyl sites for hydroxylation is 1. The molecule has 0 amide bonds. The van der Waals surface area contributed by atoms with Crippen LogP contribution >= 0.6 is 0 Å². The van der Waals surface area contributed by atoms with E-state index in [2.05, 4.69) is 4.63 Å². The molecule has 0 spiro atoms. The molecule has 0 aliphatic rings. The first-order chi connectivity index (χ1) is 2.84. The molecule has 0 atom stereocenters. The molecular weight excluding hydrogens is 82.0 g/mol. The van der Waals surface area contributed by atoms with Gasteiger partial charge in [-0.1, -0.05) is 9.71 Å². The minimum absolute atomic E-state index is 0.441. The summed E-state index contributed by atoms with van der Waals surface area (Å²) in [5, 5.41) is 0. The second-order valence-electron chi connectivity index (χ2n) is 1.08. The van der Waals surface area contributed by atoms with Crippen molar-refractivity contribution in [2.24, 2.45) is 12.8 Å². The molecule has 1 rings (SSSR count). The topological polar surface area (TPSA) is 49.0 Å². The lowest BCUT2D eigenvalue weighted by Crippen LogP contribution is -2.00. The molecule has 4 heteroatoms. The predicted molar refractivity (Wildman–Crippen MR) is 19.9 cm³/mol. The SMILES string of the molecule is Cn1on1CN. The van der Waals surface area contributed by atoms with Crippen LogP contribution < -0.4 is 5.73 Å². The monoisotopic (exact) mass is 89.1 g/mol. The van der Waals surface area contributed by atoms with E-state index < -0.39 is 0 Å². The second kappa shape index (κ2) is 0.909. The molecular formula is C2H7N3O. The Morgan fingerprint density at radius 1 is 1.83 bits per heavy atom. The Morgan fingerprint density at radius 3 is 2.33 bits per heavy atom. The zero-order chi connectivity index (χ0) is 4.57. The smallest absolute Gasteiger partial charge is 0.127 e. The molecule has 0 aromatic carbocycles. The van der Waals surface area contributed by atoms with Crippen LogP contribution in [0.4, 0.5) is 0 Å². The first-order valence-electron chi connectivity index (χ1n) is 1.74. The predicted octanol–water partition coefficient (Wildman–Crippen LogP) is -0.664. The molecule has 4 nitrogen and oxygen atoms in total. The van der Waals surface area contributed by atoms with Crippen molar-refractivity contribution in [3.8, 4) is 0 Å². The first kappa shape index (κ1) is 3.55. The Morgan fingerprint density at radius 2 is 2.33 bits per heavy atom. The minimum atomic E-state index is 0.441. The van der Waals surface area contributed by atoms with Crippen LogP contribution in [0.1, 0.15) is 0 Å². The third-order valence-corrected chi connectivity index (χ3v) is 0.658. The first-order valence-corrected chi connectivity index (χ1v) is 1.74. The highest BCUT2D eigenvalue weighted by Gasteiger charge is 1.96. The van der Waals surface area contributed by atoms with Gasteiger partial charge in [-0.15, -0.1) is 0 Å². The highest BCUT2D eigenvalue weighted by Crippen LogP contribution is 1.85.